The molecule has 0 saturated heterocycles. The summed E-state index contributed by atoms with van der Waals surface area (Å²) in [4.78, 5) is 6.33. The van der Waals surface area contributed by atoms with Crippen LogP contribution in [0.1, 0.15) is 11.7 Å². The lowest BCUT2D eigenvalue weighted by molar-refractivity contribution is 0.187. The maximum absolute atomic E-state index is 6.50. The summed E-state index contributed by atoms with van der Waals surface area (Å²) in [6.07, 6.45) is 11.8. The highest BCUT2D eigenvalue weighted by Gasteiger charge is 2.33. The molecule has 0 radical (unpaired) electrons. The Hall–Kier alpha value is -3.66. The predicted molar refractivity (Wildman–Crippen MR) is 199 cm³/mol. The lowest BCUT2D eigenvalue weighted by Crippen LogP contribution is -2.13. The van der Waals surface area contributed by atoms with Gasteiger partial charge in [-0.05, 0) is 70.8 Å². The second-order valence-electron chi connectivity index (χ2n) is 10.8. The quantitative estimate of drug-likeness (QED) is 0.166. The number of nitrogens with zero attached hydrogens (tertiary/aromatic N) is 1. The third-order valence-corrected chi connectivity index (χ3v) is 13.6. The SMILES string of the molecule is C1=COC(c2c(-c3occ4ccccc34)cc(N3C=CSCS3)c(-c3cccs3)c2-c2cccc3c2Sc2ccccc2S3)C=C1. The van der Waals surface area contributed by atoms with Crippen molar-refractivity contribution in [1.82, 2.24) is 0 Å². The van der Waals surface area contributed by atoms with Gasteiger partial charge < -0.3 is 9.15 Å². The number of allylic oxidation sites excluding steroid dienone is 2. The molecule has 9 rings (SSSR count). The van der Waals surface area contributed by atoms with E-state index in [1.165, 1.54) is 41.1 Å². The van der Waals surface area contributed by atoms with Gasteiger partial charge in [-0.2, -0.15) is 0 Å². The van der Waals surface area contributed by atoms with Crippen molar-refractivity contribution in [3.63, 3.8) is 0 Å². The maximum atomic E-state index is 6.50. The molecule has 0 N–H and O–H groups in total. The molecule has 2 aromatic heterocycles. The Morgan fingerprint density at radius 2 is 1.65 bits per heavy atom. The van der Waals surface area contributed by atoms with Crippen molar-refractivity contribution in [2.24, 2.45) is 0 Å². The van der Waals surface area contributed by atoms with Gasteiger partial charge in [0.25, 0.3) is 0 Å². The zero-order chi connectivity index (χ0) is 30.5. The minimum absolute atomic E-state index is 0.309. The molecule has 6 aromatic rings. The third kappa shape index (κ3) is 4.95. The van der Waals surface area contributed by atoms with Crippen LogP contribution in [-0.4, -0.2) is 5.08 Å². The van der Waals surface area contributed by atoms with Crippen LogP contribution in [0.2, 0.25) is 0 Å². The minimum atomic E-state index is -0.309. The molecule has 5 heterocycles. The first-order chi connectivity index (χ1) is 22.8. The van der Waals surface area contributed by atoms with Crippen molar-refractivity contribution >= 4 is 75.0 Å². The van der Waals surface area contributed by atoms with Crippen LogP contribution in [0.15, 0.2) is 157 Å². The highest BCUT2D eigenvalue weighted by atomic mass is 32.2. The molecule has 0 fully saturated rings. The molecule has 0 bridgehead atoms. The van der Waals surface area contributed by atoms with Crippen LogP contribution in [-0.2, 0) is 4.74 Å². The fraction of sp³-hybridized carbons (Fsp3) is 0.0526. The summed E-state index contributed by atoms with van der Waals surface area (Å²) in [5, 5.41) is 7.48. The number of thiophene rings is 1. The topological polar surface area (TPSA) is 25.6 Å². The van der Waals surface area contributed by atoms with E-state index in [-0.39, 0.29) is 6.10 Å². The van der Waals surface area contributed by atoms with Crippen molar-refractivity contribution in [3.8, 4) is 32.9 Å². The molecule has 0 saturated carbocycles. The first-order valence-electron chi connectivity index (χ1n) is 14.8. The van der Waals surface area contributed by atoms with E-state index in [0.717, 1.165) is 38.4 Å². The molecule has 8 heteroatoms. The Bertz CT molecular complexity index is 2200. The van der Waals surface area contributed by atoms with Crippen LogP contribution < -0.4 is 4.31 Å². The van der Waals surface area contributed by atoms with Crippen LogP contribution in [0.5, 0.6) is 0 Å². The van der Waals surface area contributed by atoms with E-state index in [4.69, 9.17) is 9.15 Å². The van der Waals surface area contributed by atoms with Crippen molar-refractivity contribution in [2.75, 3.05) is 9.39 Å². The minimum Gasteiger partial charge on any atom is -0.489 e. The van der Waals surface area contributed by atoms with Crippen LogP contribution in [0.4, 0.5) is 5.69 Å². The molecule has 3 nitrogen and oxygen atoms in total. The van der Waals surface area contributed by atoms with Crippen molar-refractivity contribution < 1.29 is 9.15 Å². The van der Waals surface area contributed by atoms with Crippen LogP contribution in [0.25, 0.3) is 43.7 Å². The normalized spacial score (nSPS) is 16.8. The second-order valence-corrected chi connectivity index (χ2v) is 16.1. The molecule has 0 spiro atoms. The number of hydrogen-bond donors (Lipinski definition) is 0. The smallest absolute Gasteiger partial charge is 0.143 e. The molecule has 0 aliphatic carbocycles. The van der Waals surface area contributed by atoms with E-state index in [0.29, 0.717) is 0 Å². The zero-order valence-corrected chi connectivity index (χ0v) is 28.4. The van der Waals surface area contributed by atoms with E-state index in [1.54, 1.807) is 17.6 Å². The fourth-order valence-electron chi connectivity index (χ4n) is 6.21. The van der Waals surface area contributed by atoms with Gasteiger partial charge in [0.1, 0.15) is 11.9 Å². The van der Waals surface area contributed by atoms with Gasteiger partial charge in [0, 0.05) is 63.7 Å². The van der Waals surface area contributed by atoms with Gasteiger partial charge in [0.05, 0.1) is 23.3 Å². The Kier molecular flexibility index (Phi) is 7.56. The van der Waals surface area contributed by atoms with Crippen LogP contribution in [0.3, 0.4) is 0 Å². The van der Waals surface area contributed by atoms with Gasteiger partial charge in [-0.3, -0.25) is 4.31 Å². The standard InChI is InChI=1S/C38H25NO2S5/c1-2-10-25-24(9-1)22-41-37(25)27-21-28(39-17-20-42-23-44-39)36(32-16-8-19-43-32)35(34(27)29-12-5-6-18-40-29)26-11-7-15-33-38(26)46-31-14-4-3-13-30(31)45-33/h1-22,29H,23H2. The average Bonchev–Trinajstić information content (AvgIpc) is 3.81. The first kappa shape index (κ1) is 28.6. The van der Waals surface area contributed by atoms with Crippen LogP contribution >= 0.6 is 58.6 Å². The number of anilines is 1. The van der Waals surface area contributed by atoms with E-state index in [1.807, 2.05) is 59.6 Å². The summed E-state index contributed by atoms with van der Waals surface area (Å²) >= 11 is 9.13. The van der Waals surface area contributed by atoms with Crippen molar-refractivity contribution in [1.29, 1.82) is 0 Å². The van der Waals surface area contributed by atoms with Gasteiger partial charge in [0.15, 0.2) is 0 Å². The number of rotatable bonds is 5. The molecule has 4 aromatic carbocycles. The molecule has 224 valence electrons. The monoisotopic (exact) mass is 687 g/mol. The molecule has 1 unspecified atom stereocenters. The van der Waals surface area contributed by atoms with Crippen molar-refractivity contribution in [3.05, 3.63) is 138 Å². The number of thioether (sulfide) groups is 1. The summed E-state index contributed by atoms with van der Waals surface area (Å²) in [6.45, 7) is 0. The highest BCUT2D eigenvalue weighted by molar-refractivity contribution is 8.18. The van der Waals surface area contributed by atoms with E-state index >= 15 is 0 Å². The predicted octanol–water partition coefficient (Wildman–Crippen LogP) is 12.9. The van der Waals surface area contributed by atoms with Gasteiger partial charge in [0.2, 0.25) is 0 Å². The molecular weight excluding hydrogens is 663 g/mol. The number of ether oxygens (including phenoxy) is 1. The number of furan rings is 1. The lowest BCUT2D eigenvalue weighted by Gasteiger charge is -2.31. The average molecular weight is 688 g/mol. The molecule has 3 aliphatic heterocycles. The molecule has 0 amide bonds. The molecule has 46 heavy (non-hydrogen) atoms. The molecular formula is C38H25NO2S5. The second kappa shape index (κ2) is 12.2. The number of fused-ring (bicyclic) bond motifs is 3. The van der Waals surface area contributed by atoms with Gasteiger partial charge in [-0.1, -0.05) is 84.2 Å². The Labute approximate surface area is 288 Å². The zero-order valence-electron chi connectivity index (χ0n) is 24.3. The third-order valence-electron chi connectivity index (χ3n) is 8.17. The first-order valence-corrected chi connectivity index (χ1v) is 19.3. The Balaban J connectivity index is 1.43. The van der Waals surface area contributed by atoms with E-state index in [9.17, 15) is 0 Å². The van der Waals surface area contributed by atoms with E-state index in [2.05, 4.69) is 118 Å². The summed E-state index contributed by atoms with van der Waals surface area (Å²) < 4.78 is 15.3. The van der Waals surface area contributed by atoms with E-state index < -0.39 is 0 Å². The van der Waals surface area contributed by atoms with Gasteiger partial charge in [-0.15, -0.1) is 23.1 Å². The summed E-state index contributed by atoms with van der Waals surface area (Å²) in [5.41, 5.74) is 6.87. The van der Waals surface area contributed by atoms with Gasteiger partial charge in [-0.25, -0.2) is 0 Å². The largest absolute Gasteiger partial charge is 0.489 e. The van der Waals surface area contributed by atoms with Crippen molar-refractivity contribution in [2.45, 2.75) is 25.7 Å². The Morgan fingerprint density at radius 1 is 0.783 bits per heavy atom. The highest BCUT2D eigenvalue weighted by Crippen LogP contribution is 2.57. The fourth-order valence-corrected chi connectivity index (χ4v) is 11.1. The number of hydrogen-bond acceptors (Lipinski definition) is 8. The Morgan fingerprint density at radius 3 is 2.48 bits per heavy atom. The van der Waals surface area contributed by atoms with Gasteiger partial charge >= 0.3 is 0 Å². The summed E-state index contributed by atoms with van der Waals surface area (Å²) in [5.74, 6) is 0.856. The summed E-state index contributed by atoms with van der Waals surface area (Å²) in [6, 6.07) is 30.6. The lowest BCUT2D eigenvalue weighted by atomic mass is 9.84. The summed E-state index contributed by atoms with van der Waals surface area (Å²) in [7, 11) is 0. The maximum Gasteiger partial charge on any atom is 0.143 e. The van der Waals surface area contributed by atoms with Crippen LogP contribution in [0, 0.1) is 0 Å². The number of benzene rings is 4. The molecule has 3 aliphatic rings. The molecule has 1 atom stereocenters.